The molecule has 2 N–H and O–H groups in total. The number of aliphatic hydroxyl groups is 1. The van der Waals surface area contributed by atoms with Crippen LogP contribution in [0.2, 0.25) is 0 Å². The third-order valence-corrected chi connectivity index (χ3v) is 3.51. The van der Waals surface area contributed by atoms with Gasteiger partial charge in [-0.05, 0) is 25.0 Å². The van der Waals surface area contributed by atoms with Crippen molar-refractivity contribution in [3.05, 3.63) is 30.1 Å². The number of benzene rings is 1. The maximum Gasteiger partial charge on any atom is 0.107 e. The van der Waals surface area contributed by atoms with Gasteiger partial charge in [-0.2, -0.15) is 0 Å². The lowest BCUT2D eigenvalue weighted by molar-refractivity contribution is 0.282. The molecule has 1 aromatic heterocycles. The van der Waals surface area contributed by atoms with Crippen LogP contribution in [0.5, 0.6) is 0 Å². The summed E-state index contributed by atoms with van der Waals surface area (Å²) in [5, 5.41) is 8.68. The Labute approximate surface area is 115 Å². The molecule has 0 aliphatic heterocycles. The monoisotopic (exact) mass is 260 g/mol. The number of hydrogen-bond acceptors (Lipinski definition) is 2. The van der Waals surface area contributed by atoms with E-state index in [0.717, 1.165) is 29.7 Å². The highest BCUT2D eigenvalue weighted by atomic mass is 16.2. The van der Waals surface area contributed by atoms with Crippen molar-refractivity contribution in [2.45, 2.75) is 51.4 Å². The number of H-pyrrole nitrogens is 1. The Morgan fingerprint density at radius 1 is 0.895 bits per heavy atom. The van der Waals surface area contributed by atoms with E-state index < -0.39 is 0 Å². The fourth-order valence-electron chi connectivity index (χ4n) is 2.41. The van der Waals surface area contributed by atoms with Gasteiger partial charge in [-0.15, -0.1) is 0 Å². The number of aromatic nitrogens is 2. The lowest BCUT2D eigenvalue weighted by Crippen LogP contribution is -1.89. The van der Waals surface area contributed by atoms with E-state index in [1.807, 2.05) is 12.1 Å². The van der Waals surface area contributed by atoms with Gasteiger partial charge in [0.05, 0.1) is 11.0 Å². The third kappa shape index (κ3) is 4.67. The Morgan fingerprint density at radius 2 is 1.58 bits per heavy atom. The molecule has 0 bridgehead atoms. The van der Waals surface area contributed by atoms with Crippen molar-refractivity contribution >= 4 is 11.0 Å². The van der Waals surface area contributed by atoms with Gasteiger partial charge in [-0.1, -0.05) is 44.2 Å². The summed E-state index contributed by atoms with van der Waals surface area (Å²) >= 11 is 0. The number of imidazole rings is 1. The van der Waals surface area contributed by atoms with Crippen LogP contribution >= 0.6 is 0 Å². The van der Waals surface area contributed by atoms with E-state index in [1.165, 1.54) is 38.5 Å². The molecule has 0 radical (unpaired) electrons. The summed E-state index contributed by atoms with van der Waals surface area (Å²) in [6.07, 6.45) is 9.50. The highest BCUT2D eigenvalue weighted by molar-refractivity contribution is 5.74. The number of nitrogens with one attached hydrogen (secondary N) is 1. The molecule has 0 amide bonds. The molecule has 0 saturated heterocycles. The minimum absolute atomic E-state index is 0.339. The first-order chi connectivity index (χ1) is 9.40. The zero-order valence-electron chi connectivity index (χ0n) is 11.6. The minimum Gasteiger partial charge on any atom is -0.396 e. The maximum atomic E-state index is 8.68. The molecule has 1 aromatic carbocycles. The number of para-hydroxylation sites is 2. The number of fused-ring (bicyclic) bond motifs is 1. The Morgan fingerprint density at radius 3 is 2.32 bits per heavy atom. The summed E-state index contributed by atoms with van der Waals surface area (Å²) in [4.78, 5) is 7.96. The van der Waals surface area contributed by atoms with Gasteiger partial charge in [0.1, 0.15) is 5.82 Å². The van der Waals surface area contributed by atoms with E-state index in [-0.39, 0.29) is 0 Å². The van der Waals surface area contributed by atoms with Gasteiger partial charge in [0.15, 0.2) is 0 Å². The van der Waals surface area contributed by atoms with Crippen LogP contribution in [-0.2, 0) is 6.42 Å². The van der Waals surface area contributed by atoms with Crippen LogP contribution in [0.15, 0.2) is 24.3 Å². The molecule has 3 nitrogen and oxygen atoms in total. The van der Waals surface area contributed by atoms with Gasteiger partial charge < -0.3 is 10.1 Å². The Bertz CT molecular complexity index is 445. The minimum atomic E-state index is 0.339. The first-order valence-electron chi connectivity index (χ1n) is 7.44. The van der Waals surface area contributed by atoms with Crippen molar-refractivity contribution in [2.75, 3.05) is 6.61 Å². The number of nitrogens with zero attached hydrogens (tertiary/aromatic N) is 1. The van der Waals surface area contributed by atoms with Crippen molar-refractivity contribution < 1.29 is 5.11 Å². The molecular formula is C16H24N2O. The highest BCUT2D eigenvalue weighted by Crippen LogP contribution is 2.13. The number of rotatable bonds is 9. The van der Waals surface area contributed by atoms with Crippen molar-refractivity contribution in [1.82, 2.24) is 9.97 Å². The number of aromatic amines is 1. The normalized spacial score (nSPS) is 11.2. The predicted octanol–water partition coefficient (Wildman–Crippen LogP) is 3.83. The van der Waals surface area contributed by atoms with Gasteiger partial charge in [0.25, 0.3) is 0 Å². The maximum absolute atomic E-state index is 8.68. The molecule has 0 fully saturated rings. The Kier molecular flexibility index (Phi) is 5.89. The first kappa shape index (κ1) is 14.1. The Balaban J connectivity index is 1.60. The van der Waals surface area contributed by atoms with Gasteiger partial charge in [-0.3, -0.25) is 0 Å². The van der Waals surface area contributed by atoms with E-state index in [4.69, 9.17) is 5.11 Å². The molecule has 0 aliphatic rings. The van der Waals surface area contributed by atoms with E-state index in [2.05, 4.69) is 22.1 Å². The molecule has 0 spiro atoms. The van der Waals surface area contributed by atoms with Crippen LogP contribution in [0.3, 0.4) is 0 Å². The molecule has 1 heterocycles. The van der Waals surface area contributed by atoms with E-state index in [9.17, 15) is 0 Å². The molecule has 104 valence electrons. The lowest BCUT2D eigenvalue weighted by Gasteiger charge is -2.00. The predicted molar refractivity (Wildman–Crippen MR) is 79.2 cm³/mol. The average molecular weight is 260 g/mol. The fourth-order valence-corrected chi connectivity index (χ4v) is 2.41. The molecule has 0 aliphatic carbocycles. The summed E-state index contributed by atoms with van der Waals surface area (Å²) in [6, 6.07) is 8.19. The summed E-state index contributed by atoms with van der Waals surface area (Å²) in [5.41, 5.74) is 2.21. The molecule has 0 unspecified atom stereocenters. The summed E-state index contributed by atoms with van der Waals surface area (Å²) < 4.78 is 0. The van der Waals surface area contributed by atoms with Gasteiger partial charge >= 0.3 is 0 Å². The van der Waals surface area contributed by atoms with Crippen molar-refractivity contribution in [3.63, 3.8) is 0 Å². The Hall–Kier alpha value is -1.35. The first-order valence-corrected chi connectivity index (χ1v) is 7.44. The second-order valence-corrected chi connectivity index (χ2v) is 5.15. The number of hydrogen-bond donors (Lipinski definition) is 2. The van der Waals surface area contributed by atoms with Crippen LogP contribution in [0, 0.1) is 0 Å². The van der Waals surface area contributed by atoms with Gasteiger partial charge in [-0.25, -0.2) is 4.98 Å². The van der Waals surface area contributed by atoms with E-state index in [0.29, 0.717) is 6.61 Å². The zero-order chi connectivity index (χ0) is 13.3. The summed E-state index contributed by atoms with van der Waals surface area (Å²) in [5.74, 6) is 1.11. The second kappa shape index (κ2) is 7.95. The highest BCUT2D eigenvalue weighted by Gasteiger charge is 2.01. The van der Waals surface area contributed by atoms with Crippen LogP contribution in [0.4, 0.5) is 0 Å². The molecule has 0 atom stereocenters. The van der Waals surface area contributed by atoms with Gasteiger partial charge in [0, 0.05) is 13.0 Å². The van der Waals surface area contributed by atoms with Crippen LogP contribution in [0.1, 0.15) is 50.8 Å². The van der Waals surface area contributed by atoms with Crippen LogP contribution in [-0.4, -0.2) is 21.7 Å². The number of aliphatic hydroxyl groups excluding tert-OH is 1. The SMILES string of the molecule is OCCCCCCCCCc1nc2ccccc2[nH]1. The summed E-state index contributed by atoms with van der Waals surface area (Å²) in [7, 11) is 0. The molecule has 0 saturated carbocycles. The standard InChI is InChI=1S/C16H24N2O/c19-13-9-5-3-1-2-4-6-12-16-17-14-10-7-8-11-15(14)18-16/h7-8,10-11,19H,1-6,9,12-13H2,(H,17,18). The molecular weight excluding hydrogens is 236 g/mol. The van der Waals surface area contributed by atoms with Crippen molar-refractivity contribution in [1.29, 1.82) is 0 Å². The van der Waals surface area contributed by atoms with E-state index in [1.54, 1.807) is 0 Å². The zero-order valence-corrected chi connectivity index (χ0v) is 11.6. The molecule has 3 heteroatoms. The topological polar surface area (TPSA) is 48.9 Å². The summed E-state index contributed by atoms with van der Waals surface area (Å²) in [6.45, 7) is 0.339. The van der Waals surface area contributed by atoms with Crippen LogP contribution in [0.25, 0.3) is 11.0 Å². The molecule has 2 rings (SSSR count). The van der Waals surface area contributed by atoms with E-state index >= 15 is 0 Å². The number of aryl methyl sites for hydroxylation is 1. The average Bonchev–Trinajstić information content (AvgIpc) is 2.84. The fraction of sp³-hybridized carbons (Fsp3) is 0.562. The lowest BCUT2D eigenvalue weighted by atomic mass is 10.1. The largest absolute Gasteiger partial charge is 0.396 e. The molecule has 19 heavy (non-hydrogen) atoms. The third-order valence-electron chi connectivity index (χ3n) is 3.51. The number of unbranched alkanes of at least 4 members (excludes halogenated alkanes) is 6. The quantitative estimate of drug-likeness (QED) is 0.673. The van der Waals surface area contributed by atoms with Crippen molar-refractivity contribution in [3.8, 4) is 0 Å². The van der Waals surface area contributed by atoms with Crippen molar-refractivity contribution in [2.24, 2.45) is 0 Å². The van der Waals surface area contributed by atoms with Crippen LogP contribution < -0.4 is 0 Å². The molecule has 2 aromatic rings. The smallest absolute Gasteiger partial charge is 0.107 e. The van der Waals surface area contributed by atoms with Gasteiger partial charge in [0.2, 0.25) is 0 Å². The second-order valence-electron chi connectivity index (χ2n) is 5.15.